The quantitative estimate of drug-likeness (QED) is 0.825. The molecule has 0 aromatic rings. The van der Waals surface area contributed by atoms with Crippen molar-refractivity contribution in [2.24, 2.45) is 0 Å². The van der Waals surface area contributed by atoms with Crippen LogP contribution < -0.4 is 0 Å². The zero-order valence-corrected chi connectivity index (χ0v) is 14.8. The Labute approximate surface area is 144 Å². The molecule has 24 heavy (non-hydrogen) atoms. The van der Waals surface area contributed by atoms with E-state index in [1.54, 1.807) is 4.90 Å². The maximum Gasteiger partial charge on any atom is 0.223 e. The summed E-state index contributed by atoms with van der Waals surface area (Å²) in [5, 5.41) is 9.51. The average molecular weight is 337 g/mol. The number of hydrogen-bond donors (Lipinski definition) is 1. The van der Waals surface area contributed by atoms with E-state index in [-0.39, 0.29) is 24.0 Å². The molecule has 6 nitrogen and oxygen atoms in total. The lowest BCUT2D eigenvalue weighted by atomic mass is 10.1. The summed E-state index contributed by atoms with van der Waals surface area (Å²) in [4.78, 5) is 31.1. The van der Waals surface area contributed by atoms with Crippen LogP contribution in [0.5, 0.6) is 0 Å². The highest BCUT2D eigenvalue weighted by Crippen LogP contribution is 2.26. The maximum atomic E-state index is 12.6. The molecule has 2 atom stereocenters. The Morgan fingerprint density at radius 3 is 2.21 bits per heavy atom. The minimum absolute atomic E-state index is 0.0539. The number of amides is 2. The largest absolute Gasteiger partial charge is 0.393 e. The molecule has 2 unspecified atom stereocenters. The van der Waals surface area contributed by atoms with E-state index in [1.165, 1.54) is 12.8 Å². The van der Waals surface area contributed by atoms with Crippen molar-refractivity contribution in [3.8, 4) is 0 Å². The first-order valence-corrected chi connectivity index (χ1v) is 9.55. The van der Waals surface area contributed by atoms with Crippen LogP contribution in [0.3, 0.4) is 0 Å². The van der Waals surface area contributed by atoms with E-state index in [0.717, 1.165) is 26.1 Å². The van der Waals surface area contributed by atoms with Crippen LogP contribution in [0, 0.1) is 0 Å². The van der Waals surface area contributed by atoms with Gasteiger partial charge in [0.15, 0.2) is 0 Å². The van der Waals surface area contributed by atoms with Gasteiger partial charge in [0.2, 0.25) is 11.8 Å². The minimum atomic E-state index is -0.274. The van der Waals surface area contributed by atoms with Crippen molar-refractivity contribution in [3.05, 3.63) is 0 Å². The SMILES string of the molecule is CC1C(N2CCCC2)CCN1C(=O)CCC(=O)N1CCC(O)CC1. The first-order chi connectivity index (χ1) is 11.6. The van der Waals surface area contributed by atoms with Crippen molar-refractivity contribution in [2.45, 2.75) is 70.1 Å². The molecule has 3 heterocycles. The highest BCUT2D eigenvalue weighted by Gasteiger charge is 2.37. The number of carbonyl (C=O) groups excluding carboxylic acids is 2. The molecule has 2 amide bonds. The van der Waals surface area contributed by atoms with Crippen LogP contribution in [0.25, 0.3) is 0 Å². The molecule has 1 N–H and O–H groups in total. The van der Waals surface area contributed by atoms with Gasteiger partial charge in [-0.3, -0.25) is 14.5 Å². The standard InChI is InChI=1S/C18H31N3O3/c1-14-16(19-9-2-3-10-19)8-13-21(14)18(24)5-4-17(23)20-11-6-15(22)7-12-20/h14-16,22H,2-13H2,1H3. The highest BCUT2D eigenvalue weighted by molar-refractivity contribution is 5.84. The summed E-state index contributed by atoms with van der Waals surface area (Å²) in [6.07, 6.45) is 5.25. The molecule has 6 heteroatoms. The van der Waals surface area contributed by atoms with Crippen molar-refractivity contribution in [3.63, 3.8) is 0 Å². The van der Waals surface area contributed by atoms with E-state index in [0.29, 0.717) is 44.8 Å². The number of piperidine rings is 1. The summed E-state index contributed by atoms with van der Waals surface area (Å²) < 4.78 is 0. The fourth-order valence-electron chi connectivity index (χ4n) is 4.47. The molecule has 0 radical (unpaired) electrons. The number of carbonyl (C=O) groups is 2. The first-order valence-electron chi connectivity index (χ1n) is 9.55. The van der Waals surface area contributed by atoms with E-state index >= 15 is 0 Å². The van der Waals surface area contributed by atoms with Gasteiger partial charge >= 0.3 is 0 Å². The smallest absolute Gasteiger partial charge is 0.223 e. The van der Waals surface area contributed by atoms with Gasteiger partial charge in [0.05, 0.1) is 6.10 Å². The minimum Gasteiger partial charge on any atom is -0.393 e. The molecule has 3 aliphatic rings. The lowest BCUT2D eigenvalue weighted by Crippen LogP contribution is -2.44. The van der Waals surface area contributed by atoms with Crippen molar-refractivity contribution in [1.82, 2.24) is 14.7 Å². The molecule has 0 saturated carbocycles. The van der Waals surface area contributed by atoms with Crippen LogP contribution in [0.15, 0.2) is 0 Å². The molecule has 0 bridgehead atoms. The van der Waals surface area contributed by atoms with Crippen molar-refractivity contribution in [2.75, 3.05) is 32.7 Å². The van der Waals surface area contributed by atoms with Crippen LogP contribution in [-0.4, -0.2) is 82.5 Å². The second-order valence-corrected chi connectivity index (χ2v) is 7.54. The second-order valence-electron chi connectivity index (χ2n) is 7.54. The monoisotopic (exact) mass is 337 g/mol. The molecule has 0 spiro atoms. The third kappa shape index (κ3) is 3.91. The summed E-state index contributed by atoms with van der Waals surface area (Å²) >= 11 is 0. The number of hydrogen-bond acceptors (Lipinski definition) is 4. The second kappa shape index (κ2) is 7.83. The van der Waals surface area contributed by atoms with Gasteiger partial charge in [-0.05, 0) is 52.1 Å². The third-order valence-corrected chi connectivity index (χ3v) is 6.01. The zero-order valence-electron chi connectivity index (χ0n) is 14.8. The van der Waals surface area contributed by atoms with Gasteiger partial charge in [-0.15, -0.1) is 0 Å². The molecular formula is C18H31N3O3. The molecule has 0 aromatic carbocycles. The van der Waals surface area contributed by atoms with Crippen molar-refractivity contribution in [1.29, 1.82) is 0 Å². The van der Waals surface area contributed by atoms with Gasteiger partial charge in [-0.25, -0.2) is 0 Å². The predicted molar refractivity (Wildman–Crippen MR) is 91.4 cm³/mol. The van der Waals surface area contributed by atoms with Gasteiger partial charge in [0.1, 0.15) is 0 Å². The average Bonchev–Trinajstić information content (AvgIpc) is 3.22. The molecule has 0 aliphatic carbocycles. The topological polar surface area (TPSA) is 64.1 Å². The number of likely N-dealkylation sites (tertiary alicyclic amines) is 3. The van der Waals surface area contributed by atoms with Crippen LogP contribution >= 0.6 is 0 Å². The predicted octanol–water partition coefficient (Wildman–Crippen LogP) is 0.835. The van der Waals surface area contributed by atoms with E-state index in [9.17, 15) is 14.7 Å². The fraction of sp³-hybridized carbons (Fsp3) is 0.889. The summed E-state index contributed by atoms with van der Waals surface area (Å²) in [5.74, 6) is 0.174. The van der Waals surface area contributed by atoms with E-state index in [4.69, 9.17) is 0 Å². The highest BCUT2D eigenvalue weighted by atomic mass is 16.3. The molecule has 3 rings (SSSR count). The Bertz CT molecular complexity index is 456. The molecule has 0 aromatic heterocycles. The molecule has 3 aliphatic heterocycles. The Hall–Kier alpha value is -1.14. The van der Waals surface area contributed by atoms with Gasteiger partial charge in [-0.1, -0.05) is 0 Å². The summed E-state index contributed by atoms with van der Waals surface area (Å²) in [5.41, 5.74) is 0. The number of rotatable bonds is 4. The molecule has 3 saturated heterocycles. The Morgan fingerprint density at radius 1 is 0.917 bits per heavy atom. The third-order valence-electron chi connectivity index (χ3n) is 6.01. The number of aliphatic hydroxyl groups excluding tert-OH is 1. The number of aliphatic hydroxyl groups is 1. The van der Waals surface area contributed by atoms with E-state index in [1.807, 2.05) is 4.90 Å². The molecule has 136 valence electrons. The van der Waals surface area contributed by atoms with Crippen LogP contribution in [0.2, 0.25) is 0 Å². The lowest BCUT2D eigenvalue weighted by Gasteiger charge is -2.31. The zero-order chi connectivity index (χ0) is 17.1. The Kier molecular flexibility index (Phi) is 5.76. The number of nitrogens with zero attached hydrogens (tertiary/aromatic N) is 3. The summed E-state index contributed by atoms with van der Waals surface area (Å²) in [6.45, 7) is 6.54. The van der Waals surface area contributed by atoms with Gasteiger partial charge in [0.25, 0.3) is 0 Å². The van der Waals surface area contributed by atoms with E-state index < -0.39 is 0 Å². The molecule has 3 fully saturated rings. The van der Waals surface area contributed by atoms with Crippen molar-refractivity contribution >= 4 is 11.8 Å². The van der Waals surface area contributed by atoms with Crippen LogP contribution in [0.4, 0.5) is 0 Å². The van der Waals surface area contributed by atoms with Gasteiger partial charge < -0.3 is 14.9 Å². The summed E-state index contributed by atoms with van der Waals surface area (Å²) in [7, 11) is 0. The van der Waals surface area contributed by atoms with Crippen molar-refractivity contribution < 1.29 is 14.7 Å². The fourth-order valence-corrected chi connectivity index (χ4v) is 4.47. The van der Waals surface area contributed by atoms with Gasteiger partial charge in [-0.2, -0.15) is 0 Å². The Balaban J connectivity index is 1.44. The van der Waals surface area contributed by atoms with E-state index in [2.05, 4.69) is 11.8 Å². The van der Waals surface area contributed by atoms with Crippen LogP contribution in [-0.2, 0) is 9.59 Å². The first kappa shape index (κ1) is 17.7. The Morgan fingerprint density at radius 2 is 1.54 bits per heavy atom. The van der Waals surface area contributed by atoms with Gasteiger partial charge in [0, 0.05) is 44.6 Å². The van der Waals surface area contributed by atoms with Crippen LogP contribution in [0.1, 0.15) is 51.9 Å². The lowest BCUT2D eigenvalue weighted by molar-refractivity contribution is -0.138. The normalized spacial score (nSPS) is 29.4. The molecular weight excluding hydrogens is 306 g/mol. The maximum absolute atomic E-state index is 12.6. The summed E-state index contributed by atoms with van der Waals surface area (Å²) in [6, 6.07) is 0.756.